The summed E-state index contributed by atoms with van der Waals surface area (Å²) < 4.78 is 12.7. The quantitative estimate of drug-likeness (QED) is 0.773. The van der Waals surface area contributed by atoms with E-state index < -0.39 is 15.5 Å². The lowest BCUT2D eigenvalue weighted by Crippen LogP contribution is -2.34. The maximum Gasteiger partial charge on any atom is 0.113 e. The van der Waals surface area contributed by atoms with Gasteiger partial charge in [-0.2, -0.15) is 0 Å². The van der Waals surface area contributed by atoms with Crippen molar-refractivity contribution < 1.29 is 4.21 Å². The number of aromatic nitrogens is 1. The van der Waals surface area contributed by atoms with Crippen LogP contribution in [-0.2, 0) is 15.5 Å². The zero-order valence-electron chi connectivity index (χ0n) is 9.01. The SMILES string of the molecule is CSC(=S)C1(c2cccnc2)CCCS1=O. The van der Waals surface area contributed by atoms with Gasteiger partial charge in [-0.05, 0) is 30.7 Å². The van der Waals surface area contributed by atoms with Crippen LogP contribution in [0.25, 0.3) is 0 Å². The maximum absolute atomic E-state index is 12.3. The van der Waals surface area contributed by atoms with Gasteiger partial charge in [-0.3, -0.25) is 9.19 Å². The molecule has 0 N–H and O–H groups in total. The third-order valence-corrected chi connectivity index (χ3v) is 6.80. The van der Waals surface area contributed by atoms with Crippen LogP contribution in [0.5, 0.6) is 0 Å². The largest absolute Gasteiger partial charge is 0.264 e. The van der Waals surface area contributed by atoms with Crippen LogP contribution in [0.15, 0.2) is 24.5 Å². The highest BCUT2D eigenvalue weighted by molar-refractivity contribution is 8.24. The number of rotatable bonds is 2. The second-order valence-electron chi connectivity index (χ2n) is 3.71. The van der Waals surface area contributed by atoms with Crippen LogP contribution >= 0.6 is 24.0 Å². The maximum atomic E-state index is 12.3. The third-order valence-electron chi connectivity index (χ3n) is 2.89. The second-order valence-corrected chi connectivity index (χ2v) is 6.99. The molecule has 2 nitrogen and oxygen atoms in total. The Bertz CT molecular complexity index is 420. The van der Waals surface area contributed by atoms with E-state index in [2.05, 4.69) is 4.98 Å². The summed E-state index contributed by atoms with van der Waals surface area (Å²) in [5.41, 5.74) is 1.00. The van der Waals surface area contributed by atoms with Gasteiger partial charge in [0, 0.05) is 28.9 Å². The molecule has 1 fully saturated rings. The van der Waals surface area contributed by atoms with Gasteiger partial charge < -0.3 is 0 Å². The molecular formula is C11H13NOS3. The van der Waals surface area contributed by atoms with E-state index in [4.69, 9.17) is 12.2 Å². The fraction of sp³-hybridized carbons (Fsp3) is 0.455. The van der Waals surface area contributed by atoms with E-state index in [9.17, 15) is 4.21 Å². The summed E-state index contributed by atoms with van der Waals surface area (Å²) in [6, 6.07) is 3.87. The minimum absolute atomic E-state index is 0.441. The van der Waals surface area contributed by atoms with Gasteiger partial charge in [0.15, 0.2) is 0 Å². The Hall–Kier alpha value is -0.260. The first-order valence-corrected chi connectivity index (χ1v) is 8.04. The Kier molecular flexibility index (Phi) is 3.77. The van der Waals surface area contributed by atoms with Crippen molar-refractivity contribution in [2.45, 2.75) is 17.6 Å². The zero-order chi connectivity index (χ0) is 11.6. The molecule has 0 radical (unpaired) electrons. The molecule has 0 amide bonds. The first kappa shape index (κ1) is 12.2. The molecule has 1 aliphatic heterocycles. The van der Waals surface area contributed by atoms with Gasteiger partial charge in [0.1, 0.15) is 4.75 Å². The minimum Gasteiger partial charge on any atom is -0.264 e. The Morgan fingerprint density at radius 1 is 1.69 bits per heavy atom. The monoisotopic (exact) mass is 271 g/mol. The number of pyridine rings is 1. The van der Waals surface area contributed by atoms with Gasteiger partial charge in [-0.25, -0.2) is 0 Å². The van der Waals surface area contributed by atoms with Crippen molar-refractivity contribution in [3.63, 3.8) is 0 Å². The molecule has 2 heterocycles. The molecule has 2 rings (SSSR count). The first-order chi connectivity index (χ1) is 7.71. The highest BCUT2D eigenvalue weighted by Gasteiger charge is 2.46. The molecule has 1 aromatic rings. The number of thioether (sulfide) groups is 1. The van der Waals surface area contributed by atoms with E-state index >= 15 is 0 Å². The average Bonchev–Trinajstić information content (AvgIpc) is 2.72. The van der Waals surface area contributed by atoms with Crippen LogP contribution in [0.2, 0.25) is 0 Å². The van der Waals surface area contributed by atoms with Crippen LogP contribution < -0.4 is 0 Å². The van der Waals surface area contributed by atoms with Crippen LogP contribution in [0, 0.1) is 0 Å². The topological polar surface area (TPSA) is 30.0 Å². The number of hydrogen-bond acceptors (Lipinski definition) is 4. The van der Waals surface area contributed by atoms with Gasteiger partial charge in [0.2, 0.25) is 0 Å². The van der Waals surface area contributed by atoms with E-state index in [-0.39, 0.29) is 0 Å². The smallest absolute Gasteiger partial charge is 0.113 e. The molecule has 2 atom stereocenters. The molecule has 0 saturated carbocycles. The van der Waals surface area contributed by atoms with Crippen LogP contribution in [-0.4, -0.2) is 25.4 Å². The van der Waals surface area contributed by atoms with E-state index in [1.165, 1.54) is 11.8 Å². The van der Waals surface area contributed by atoms with Crippen molar-refractivity contribution in [1.82, 2.24) is 4.98 Å². The molecule has 1 saturated heterocycles. The molecule has 0 aliphatic carbocycles. The summed E-state index contributed by atoms with van der Waals surface area (Å²) in [5.74, 6) is 0.746. The average molecular weight is 271 g/mol. The standard InChI is InChI=1S/C11H13NOS3/c1-15-10(14)11(5-3-7-16(11)13)9-4-2-6-12-8-9/h2,4,6,8H,3,5,7H2,1H3. The lowest BCUT2D eigenvalue weighted by molar-refractivity contribution is 0.666. The molecule has 0 spiro atoms. The summed E-state index contributed by atoms with van der Waals surface area (Å²) in [5, 5.41) is 0. The molecule has 0 aromatic carbocycles. The summed E-state index contributed by atoms with van der Waals surface area (Å²) in [6.45, 7) is 0. The van der Waals surface area contributed by atoms with Crippen LogP contribution in [0.4, 0.5) is 0 Å². The van der Waals surface area contributed by atoms with Crippen molar-refractivity contribution in [2.75, 3.05) is 12.0 Å². The summed E-state index contributed by atoms with van der Waals surface area (Å²) in [4.78, 5) is 4.12. The van der Waals surface area contributed by atoms with Crippen molar-refractivity contribution >= 4 is 39.0 Å². The molecular weight excluding hydrogens is 258 g/mol. The Balaban J connectivity index is 2.51. The Morgan fingerprint density at radius 2 is 2.50 bits per heavy atom. The Morgan fingerprint density at radius 3 is 3.00 bits per heavy atom. The summed E-state index contributed by atoms with van der Waals surface area (Å²) in [7, 11) is -0.902. The zero-order valence-corrected chi connectivity index (χ0v) is 11.5. The molecule has 5 heteroatoms. The molecule has 0 bridgehead atoms. The van der Waals surface area contributed by atoms with Crippen molar-refractivity contribution in [2.24, 2.45) is 0 Å². The highest BCUT2D eigenvalue weighted by atomic mass is 32.2. The molecule has 1 aliphatic rings. The van der Waals surface area contributed by atoms with Gasteiger partial charge in [0.05, 0.1) is 4.20 Å². The third kappa shape index (κ3) is 1.85. The first-order valence-electron chi connectivity index (χ1n) is 5.09. The summed E-state index contributed by atoms with van der Waals surface area (Å²) >= 11 is 6.96. The molecule has 1 aromatic heterocycles. The van der Waals surface area contributed by atoms with Gasteiger partial charge in [-0.1, -0.05) is 18.3 Å². The van der Waals surface area contributed by atoms with E-state index in [0.29, 0.717) is 0 Å². The van der Waals surface area contributed by atoms with E-state index in [1.807, 2.05) is 18.4 Å². The van der Waals surface area contributed by atoms with E-state index in [1.54, 1.807) is 12.4 Å². The normalized spacial score (nSPS) is 29.2. The fourth-order valence-electron chi connectivity index (χ4n) is 2.10. The van der Waals surface area contributed by atoms with E-state index in [0.717, 1.165) is 28.4 Å². The predicted molar refractivity (Wildman–Crippen MR) is 74.3 cm³/mol. The second kappa shape index (κ2) is 4.94. The highest BCUT2D eigenvalue weighted by Crippen LogP contribution is 2.42. The van der Waals surface area contributed by atoms with Gasteiger partial charge in [0.25, 0.3) is 0 Å². The number of hydrogen-bond donors (Lipinski definition) is 0. The van der Waals surface area contributed by atoms with Crippen LogP contribution in [0.1, 0.15) is 18.4 Å². The summed E-state index contributed by atoms with van der Waals surface area (Å²) in [6.07, 6.45) is 7.34. The van der Waals surface area contributed by atoms with Crippen LogP contribution in [0.3, 0.4) is 0 Å². The fourth-order valence-corrected chi connectivity index (χ4v) is 5.37. The lowest BCUT2D eigenvalue weighted by Gasteiger charge is -2.27. The molecule has 2 unspecified atom stereocenters. The Labute approximate surface area is 108 Å². The molecule has 16 heavy (non-hydrogen) atoms. The van der Waals surface area contributed by atoms with Crippen molar-refractivity contribution in [3.05, 3.63) is 30.1 Å². The number of nitrogens with zero attached hydrogens (tertiary/aromatic N) is 1. The number of thiocarbonyl (C=S) groups is 1. The van der Waals surface area contributed by atoms with Gasteiger partial charge in [-0.15, -0.1) is 11.8 Å². The molecule has 86 valence electrons. The van der Waals surface area contributed by atoms with Crippen molar-refractivity contribution in [1.29, 1.82) is 0 Å². The predicted octanol–water partition coefficient (Wildman–Crippen LogP) is 2.51. The van der Waals surface area contributed by atoms with Gasteiger partial charge >= 0.3 is 0 Å². The lowest BCUT2D eigenvalue weighted by atomic mass is 9.97. The minimum atomic E-state index is -0.902. The van der Waals surface area contributed by atoms with Crippen molar-refractivity contribution in [3.8, 4) is 0 Å².